The van der Waals surface area contributed by atoms with Crippen LogP contribution in [-0.4, -0.2) is 34.1 Å². The number of aliphatic carboxylic acids is 1. The van der Waals surface area contributed by atoms with E-state index in [0.29, 0.717) is 5.75 Å². The fraction of sp³-hybridized carbons (Fsp3) is 0.389. The van der Waals surface area contributed by atoms with E-state index in [0.717, 1.165) is 27.5 Å². The van der Waals surface area contributed by atoms with Gasteiger partial charge in [0.15, 0.2) is 0 Å². The number of carboxylic acids is 1. The molecule has 1 atom stereocenters. The van der Waals surface area contributed by atoms with Gasteiger partial charge in [0.25, 0.3) is 0 Å². The van der Waals surface area contributed by atoms with Crippen LogP contribution < -0.4 is 5.32 Å². The number of thioether (sulfide) groups is 2. The Balaban J connectivity index is 1.94. The van der Waals surface area contributed by atoms with E-state index in [4.69, 9.17) is 9.63 Å². The first kappa shape index (κ1) is 20.4. The summed E-state index contributed by atoms with van der Waals surface area (Å²) in [6.45, 7) is 3.71. The summed E-state index contributed by atoms with van der Waals surface area (Å²) in [7, 11) is 0. The van der Waals surface area contributed by atoms with Gasteiger partial charge < -0.3 is 14.9 Å². The second kappa shape index (κ2) is 9.68. The number of nitrogens with one attached hydrogen (secondary N) is 1. The predicted molar refractivity (Wildman–Crippen MR) is 103 cm³/mol. The zero-order valence-electron chi connectivity index (χ0n) is 14.9. The maximum absolute atomic E-state index is 12.3. The molecule has 140 valence electrons. The van der Waals surface area contributed by atoms with Crippen LogP contribution in [0.1, 0.15) is 35.0 Å². The number of amides is 1. The highest BCUT2D eigenvalue weighted by Crippen LogP contribution is 2.22. The van der Waals surface area contributed by atoms with Crippen molar-refractivity contribution < 1.29 is 19.2 Å². The van der Waals surface area contributed by atoms with Crippen molar-refractivity contribution in [3.63, 3.8) is 0 Å². The predicted octanol–water partition coefficient (Wildman–Crippen LogP) is 3.58. The Bertz CT molecular complexity index is 740. The van der Waals surface area contributed by atoms with Gasteiger partial charge in [-0.2, -0.15) is 0 Å². The molecule has 0 fully saturated rings. The number of benzene rings is 1. The Morgan fingerprint density at radius 3 is 2.50 bits per heavy atom. The Morgan fingerprint density at radius 1 is 1.27 bits per heavy atom. The van der Waals surface area contributed by atoms with Gasteiger partial charge >= 0.3 is 5.97 Å². The summed E-state index contributed by atoms with van der Waals surface area (Å²) in [5.74, 6) is 0.478. The third-order valence-corrected chi connectivity index (χ3v) is 5.60. The van der Waals surface area contributed by atoms with Gasteiger partial charge in [0.1, 0.15) is 5.76 Å². The highest BCUT2D eigenvalue weighted by atomic mass is 32.2. The second-order valence-electron chi connectivity index (χ2n) is 5.79. The summed E-state index contributed by atoms with van der Waals surface area (Å²) < 4.78 is 5.11. The molecule has 1 heterocycles. The smallest absolute Gasteiger partial charge is 0.305 e. The van der Waals surface area contributed by atoms with E-state index in [2.05, 4.69) is 10.5 Å². The summed E-state index contributed by atoms with van der Waals surface area (Å²) >= 11 is 3.06. The number of carbonyl (C=O) groups is 2. The van der Waals surface area contributed by atoms with E-state index in [9.17, 15) is 9.59 Å². The van der Waals surface area contributed by atoms with Gasteiger partial charge in [-0.1, -0.05) is 17.3 Å². The quantitative estimate of drug-likeness (QED) is 0.628. The molecule has 2 aromatic rings. The fourth-order valence-corrected chi connectivity index (χ4v) is 3.85. The van der Waals surface area contributed by atoms with E-state index in [1.54, 1.807) is 11.8 Å². The maximum Gasteiger partial charge on any atom is 0.305 e. The first-order chi connectivity index (χ1) is 12.4. The highest BCUT2D eigenvalue weighted by Gasteiger charge is 2.18. The average Bonchev–Trinajstić information content (AvgIpc) is 2.93. The third-order valence-electron chi connectivity index (χ3n) is 3.89. The molecule has 8 heteroatoms. The monoisotopic (exact) mass is 394 g/mol. The van der Waals surface area contributed by atoms with Crippen LogP contribution in [0.25, 0.3) is 0 Å². The van der Waals surface area contributed by atoms with Crippen LogP contribution >= 0.6 is 23.5 Å². The molecule has 26 heavy (non-hydrogen) atoms. The van der Waals surface area contributed by atoms with Gasteiger partial charge in [-0.05, 0) is 37.8 Å². The summed E-state index contributed by atoms with van der Waals surface area (Å²) in [6.07, 6.45) is 1.82. The second-order valence-corrected chi connectivity index (χ2v) is 7.65. The third kappa shape index (κ3) is 5.81. The minimum absolute atomic E-state index is 0.154. The average molecular weight is 395 g/mol. The molecule has 2 rings (SSSR count). The van der Waals surface area contributed by atoms with Gasteiger partial charge in [-0.15, -0.1) is 23.5 Å². The van der Waals surface area contributed by atoms with Crippen molar-refractivity contribution in [3.05, 3.63) is 46.8 Å². The van der Waals surface area contributed by atoms with Crippen LogP contribution in [0, 0.1) is 13.8 Å². The molecule has 0 aliphatic heterocycles. The van der Waals surface area contributed by atoms with Gasteiger partial charge in [0.2, 0.25) is 5.91 Å². The summed E-state index contributed by atoms with van der Waals surface area (Å²) in [5, 5.41) is 15.9. The van der Waals surface area contributed by atoms with Crippen molar-refractivity contribution in [2.75, 3.05) is 12.0 Å². The van der Waals surface area contributed by atoms with E-state index in [-0.39, 0.29) is 18.1 Å². The molecular weight excluding hydrogens is 372 g/mol. The first-order valence-electron chi connectivity index (χ1n) is 8.05. The molecule has 6 nitrogen and oxygen atoms in total. The van der Waals surface area contributed by atoms with Crippen molar-refractivity contribution in [3.8, 4) is 0 Å². The van der Waals surface area contributed by atoms with Gasteiger partial charge in [-0.3, -0.25) is 9.59 Å². The molecule has 2 N–H and O–H groups in total. The molecule has 1 amide bonds. The molecular formula is C18H22N2O4S2. The van der Waals surface area contributed by atoms with Crippen molar-refractivity contribution in [2.24, 2.45) is 0 Å². The minimum atomic E-state index is -0.951. The van der Waals surface area contributed by atoms with Crippen LogP contribution in [0.4, 0.5) is 0 Å². The van der Waals surface area contributed by atoms with Gasteiger partial charge in [0, 0.05) is 16.2 Å². The van der Waals surface area contributed by atoms with E-state index in [1.807, 2.05) is 44.4 Å². The lowest BCUT2D eigenvalue weighted by atomic mass is 10.0. The number of rotatable bonds is 9. The number of aryl methyl sites for hydroxylation is 2. The first-order valence-corrected chi connectivity index (χ1v) is 10.4. The van der Waals surface area contributed by atoms with Gasteiger partial charge in [-0.25, -0.2) is 0 Å². The standard InChI is InChI=1S/C18H22N2O4S2/c1-11-15(12(2)24-20-11)9-26-10-17(21)19-16(8-18(22)23)13-4-6-14(25-3)7-5-13/h4-7,16H,8-10H2,1-3H3,(H,19,21)(H,22,23). The van der Waals surface area contributed by atoms with Crippen molar-refractivity contribution >= 4 is 35.4 Å². The summed E-state index contributed by atoms with van der Waals surface area (Å²) in [5.41, 5.74) is 2.61. The molecule has 0 saturated heterocycles. The van der Waals surface area contributed by atoms with E-state index < -0.39 is 12.0 Å². The molecule has 0 bridgehead atoms. The number of hydrogen-bond donors (Lipinski definition) is 2. The fourth-order valence-electron chi connectivity index (χ4n) is 2.45. The zero-order chi connectivity index (χ0) is 19.1. The minimum Gasteiger partial charge on any atom is -0.481 e. The number of carboxylic acid groups (broad SMARTS) is 1. The number of aromatic nitrogens is 1. The molecule has 0 saturated carbocycles. The Hall–Kier alpha value is -1.93. The Kier molecular flexibility index (Phi) is 7.59. The lowest BCUT2D eigenvalue weighted by molar-refractivity contribution is -0.137. The summed E-state index contributed by atoms with van der Waals surface area (Å²) in [6, 6.07) is 7.02. The SMILES string of the molecule is CSc1ccc(C(CC(=O)O)NC(=O)CSCc2c(C)noc2C)cc1. The molecule has 0 radical (unpaired) electrons. The van der Waals surface area contributed by atoms with Crippen LogP contribution in [0.15, 0.2) is 33.7 Å². The topological polar surface area (TPSA) is 92.4 Å². The number of carbonyl (C=O) groups excluding carboxylic acids is 1. The van der Waals surface area contributed by atoms with Gasteiger partial charge in [0.05, 0.1) is 23.9 Å². The Morgan fingerprint density at radius 2 is 1.96 bits per heavy atom. The molecule has 1 unspecified atom stereocenters. The van der Waals surface area contributed by atoms with Crippen LogP contribution in [0.3, 0.4) is 0 Å². The summed E-state index contributed by atoms with van der Waals surface area (Å²) in [4.78, 5) is 24.5. The molecule has 0 aliphatic rings. The van der Waals surface area contributed by atoms with E-state index >= 15 is 0 Å². The maximum atomic E-state index is 12.3. The Labute approximate surface area is 161 Å². The highest BCUT2D eigenvalue weighted by molar-refractivity contribution is 7.99. The van der Waals surface area contributed by atoms with Crippen LogP contribution in [0.2, 0.25) is 0 Å². The van der Waals surface area contributed by atoms with Crippen LogP contribution in [0.5, 0.6) is 0 Å². The van der Waals surface area contributed by atoms with Crippen molar-refractivity contribution in [1.29, 1.82) is 0 Å². The molecule has 1 aromatic heterocycles. The largest absolute Gasteiger partial charge is 0.481 e. The normalized spacial score (nSPS) is 12.0. The zero-order valence-corrected chi connectivity index (χ0v) is 16.6. The lowest BCUT2D eigenvalue weighted by Crippen LogP contribution is -2.31. The molecule has 1 aromatic carbocycles. The molecule has 0 aliphatic carbocycles. The lowest BCUT2D eigenvalue weighted by Gasteiger charge is -2.17. The number of nitrogens with zero attached hydrogens (tertiary/aromatic N) is 1. The van der Waals surface area contributed by atoms with Crippen molar-refractivity contribution in [1.82, 2.24) is 10.5 Å². The van der Waals surface area contributed by atoms with Crippen LogP contribution in [-0.2, 0) is 15.3 Å². The van der Waals surface area contributed by atoms with Crippen molar-refractivity contribution in [2.45, 2.75) is 37.0 Å². The number of hydrogen-bond acceptors (Lipinski definition) is 6. The molecule has 0 spiro atoms. The van der Waals surface area contributed by atoms with E-state index in [1.165, 1.54) is 11.8 Å².